The van der Waals surface area contributed by atoms with Gasteiger partial charge in [-0.25, -0.2) is 4.98 Å². The van der Waals surface area contributed by atoms with Crippen LogP contribution < -0.4 is 0 Å². The number of rotatable bonds is 4. The Bertz CT molecular complexity index is 701. The Morgan fingerprint density at radius 2 is 1.85 bits per heavy atom. The Labute approximate surface area is 121 Å². The van der Waals surface area contributed by atoms with E-state index >= 15 is 0 Å². The van der Waals surface area contributed by atoms with Gasteiger partial charge in [-0.15, -0.1) is 11.3 Å². The van der Waals surface area contributed by atoms with Gasteiger partial charge in [0.25, 0.3) is 0 Å². The van der Waals surface area contributed by atoms with Gasteiger partial charge in [-0.2, -0.15) is 0 Å². The largest absolute Gasteiger partial charge is 0.391 e. The number of aromatic nitrogens is 1. The van der Waals surface area contributed by atoms with Crippen LogP contribution in [0.5, 0.6) is 0 Å². The van der Waals surface area contributed by atoms with Crippen molar-refractivity contribution in [2.75, 3.05) is 0 Å². The van der Waals surface area contributed by atoms with E-state index in [1.165, 1.54) is 4.70 Å². The minimum atomic E-state index is 0.475. The zero-order valence-electron chi connectivity index (χ0n) is 11.1. The molecule has 0 fully saturated rings. The summed E-state index contributed by atoms with van der Waals surface area (Å²) in [6.07, 6.45) is 0. The lowest BCUT2D eigenvalue weighted by atomic mass is 10.2. The number of fused-ring (bicyclic) bond motifs is 1. The Morgan fingerprint density at radius 1 is 1.10 bits per heavy atom. The summed E-state index contributed by atoms with van der Waals surface area (Å²) in [6.45, 7) is 2.39. The van der Waals surface area contributed by atoms with Gasteiger partial charge in [0.05, 0.1) is 10.2 Å². The molecule has 4 heteroatoms. The van der Waals surface area contributed by atoms with E-state index in [0.717, 1.165) is 21.8 Å². The van der Waals surface area contributed by atoms with Gasteiger partial charge in [0, 0.05) is 0 Å². The van der Waals surface area contributed by atoms with Crippen LogP contribution in [0.2, 0.25) is 0 Å². The SMILES string of the molecule is C/C(=N\OCc1ccccc1)c1nc2ccccc2s1. The van der Waals surface area contributed by atoms with Crippen LogP contribution in [-0.2, 0) is 11.4 Å². The summed E-state index contributed by atoms with van der Waals surface area (Å²) in [5.41, 5.74) is 2.92. The molecule has 0 saturated carbocycles. The van der Waals surface area contributed by atoms with Gasteiger partial charge in [0.2, 0.25) is 0 Å². The molecule has 0 aliphatic rings. The molecule has 3 rings (SSSR count). The van der Waals surface area contributed by atoms with Crippen molar-refractivity contribution in [3.05, 3.63) is 65.2 Å². The van der Waals surface area contributed by atoms with Crippen molar-refractivity contribution in [2.45, 2.75) is 13.5 Å². The van der Waals surface area contributed by atoms with Gasteiger partial charge < -0.3 is 4.84 Å². The van der Waals surface area contributed by atoms with Crippen molar-refractivity contribution in [2.24, 2.45) is 5.16 Å². The fraction of sp³-hybridized carbons (Fsp3) is 0.125. The van der Waals surface area contributed by atoms with E-state index in [1.807, 2.05) is 55.5 Å². The first-order valence-corrected chi connectivity index (χ1v) is 7.21. The maximum atomic E-state index is 5.39. The van der Waals surface area contributed by atoms with E-state index in [9.17, 15) is 0 Å². The quantitative estimate of drug-likeness (QED) is 0.530. The second kappa shape index (κ2) is 5.84. The van der Waals surface area contributed by atoms with Gasteiger partial charge >= 0.3 is 0 Å². The third kappa shape index (κ3) is 2.86. The molecule has 0 saturated heterocycles. The zero-order valence-corrected chi connectivity index (χ0v) is 11.9. The molecule has 2 aromatic carbocycles. The molecular formula is C16H14N2OS. The molecule has 3 nitrogen and oxygen atoms in total. The molecule has 0 bridgehead atoms. The summed E-state index contributed by atoms with van der Waals surface area (Å²) in [5, 5.41) is 5.05. The molecule has 0 radical (unpaired) electrons. The molecule has 0 amide bonds. The van der Waals surface area contributed by atoms with Crippen LogP contribution in [-0.4, -0.2) is 10.7 Å². The van der Waals surface area contributed by atoms with Crippen molar-refractivity contribution in [3.63, 3.8) is 0 Å². The van der Waals surface area contributed by atoms with Gasteiger partial charge in [-0.1, -0.05) is 47.6 Å². The van der Waals surface area contributed by atoms with E-state index in [-0.39, 0.29) is 0 Å². The Kier molecular flexibility index (Phi) is 3.74. The first-order valence-electron chi connectivity index (χ1n) is 6.39. The second-order valence-corrected chi connectivity index (χ2v) is 5.45. The molecule has 0 aliphatic carbocycles. The van der Waals surface area contributed by atoms with E-state index < -0.39 is 0 Å². The highest BCUT2D eigenvalue weighted by atomic mass is 32.1. The summed E-state index contributed by atoms with van der Waals surface area (Å²) >= 11 is 1.63. The lowest BCUT2D eigenvalue weighted by Crippen LogP contribution is -1.95. The third-order valence-electron chi connectivity index (χ3n) is 2.88. The summed E-state index contributed by atoms with van der Waals surface area (Å²) < 4.78 is 1.17. The van der Waals surface area contributed by atoms with E-state index in [1.54, 1.807) is 11.3 Å². The van der Waals surface area contributed by atoms with E-state index in [2.05, 4.69) is 16.2 Å². The van der Waals surface area contributed by atoms with Crippen molar-refractivity contribution < 1.29 is 4.84 Å². The fourth-order valence-corrected chi connectivity index (χ4v) is 2.75. The van der Waals surface area contributed by atoms with Gasteiger partial charge in [-0.05, 0) is 24.6 Å². The normalized spacial score (nSPS) is 11.8. The third-order valence-corrected chi connectivity index (χ3v) is 4.02. The molecule has 0 spiro atoms. The second-order valence-electron chi connectivity index (χ2n) is 4.42. The summed E-state index contributed by atoms with van der Waals surface area (Å²) in [4.78, 5) is 9.93. The van der Waals surface area contributed by atoms with Crippen molar-refractivity contribution in [3.8, 4) is 0 Å². The lowest BCUT2D eigenvalue weighted by Gasteiger charge is -2.00. The van der Waals surface area contributed by atoms with Gasteiger partial charge in [0.15, 0.2) is 0 Å². The monoisotopic (exact) mass is 282 g/mol. The summed E-state index contributed by atoms with van der Waals surface area (Å²) in [5.74, 6) is 0. The fourth-order valence-electron chi connectivity index (χ4n) is 1.84. The van der Waals surface area contributed by atoms with Crippen LogP contribution in [0.4, 0.5) is 0 Å². The van der Waals surface area contributed by atoms with Crippen LogP contribution in [0.3, 0.4) is 0 Å². The molecule has 100 valence electrons. The van der Waals surface area contributed by atoms with Gasteiger partial charge in [-0.3, -0.25) is 0 Å². The minimum Gasteiger partial charge on any atom is -0.391 e. The van der Waals surface area contributed by atoms with Crippen molar-refractivity contribution >= 4 is 27.3 Å². The molecule has 0 N–H and O–H groups in total. The lowest BCUT2D eigenvalue weighted by molar-refractivity contribution is 0.130. The number of hydrogen-bond acceptors (Lipinski definition) is 4. The zero-order chi connectivity index (χ0) is 13.8. The number of nitrogens with zero attached hydrogens (tertiary/aromatic N) is 2. The average molecular weight is 282 g/mol. The molecule has 0 unspecified atom stereocenters. The number of para-hydroxylation sites is 1. The standard InChI is InChI=1S/C16H14N2OS/c1-12(18-19-11-13-7-3-2-4-8-13)16-17-14-9-5-6-10-15(14)20-16/h2-10H,11H2,1H3/b18-12+. The van der Waals surface area contributed by atoms with Crippen LogP contribution in [0.15, 0.2) is 59.8 Å². The molecule has 20 heavy (non-hydrogen) atoms. The first kappa shape index (κ1) is 12.8. The van der Waals surface area contributed by atoms with E-state index in [4.69, 9.17) is 4.84 Å². The number of thiazole rings is 1. The van der Waals surface area contributed by atoms with E-state index in [0.29, 0.717) is 6.61 Å². The first-order chi connectivity index (χ1) is 9.83. The Hall–Kier alpha value is -2.20. The highest BCUT2D eigenvalue weighted by molar-refractivity contribution is 7.20. The molecule has 0 atom stereocenters. The van der Waals surface area contributed by atoms with Crippen LogP contribution >= 0.6 is 11.3 Å². The molecule has 3 aromatic rings. The molecule has 0 aliphatic heterocycles. The summed E-state index contributed by atoms with van der Waals surface area (Å²) in [6, 6.07) is 18.1. The highest BCUT2D eigenvalue weighted by Crippen LogP contribution is 2.22. The maximum absolute atomic E-state index is 5.39. The highest BCUT2D eigenvalue weighted by Gasteiger charge is 2.06. The van der Waals surface area contributed by atoms with Crippen molar-refractivity contribution in [1.82, 2.24) is 4.98 Å². The Morgan fingerprint density at radius 3 is 2.65 bits per heavy atom. The predicted octanol–water partition coefficient (Wildman–Crippen LogP) is 4.24. The number of benzene rings is 2. The Balaban J connectivity index is 1.71. The molecular weight excluding hydrogens is 268 g/mol. The predicted molar refractivity (Wildman–Crippen MR) is 83.1 cm³/mol. The number of hydrogen-bond donors (Lipinski definition) is 0. The minimum absolute atomic E-state index is 0.475. The van der Waals surface area contributed by atoms with Gasteiger partial charge in [0.1, 0.15) is 17.3 Å². The average Bonchev–Trinajstić information content (AvgIpc) is 2.92. The maximum Gasteiger partial charge on any atom is 0.142 e. The topological polar surface area (TPSA) is 34.5 Å². The molecule has 1 aromatic heterocycles. The van der Waals surface area contributed by atoms with Crippen LogP contribution in [0.25, 0.3) is 10.2 Å². The smallest absolute Gasteiger partial charge is 0.142 e. The van der Waals surface area contributed by atoms with Crippen LogP contribution in [0.1, 0.15) is 17.5 Å². The molecule has 1 heterocycles. The van der Waals surface area contributed by atoms with Crippen LogP contribution in [0, 0.1) is 0 Å². The summed E-state index contributed by atoms with van der Waals surface area (Å²) in [7, 11) is 0. The number of oxime groups is 1. The van der Waals surface area contributed by atoms with Crippen molar-refractivity contribution in [1.29, 1.82) is 0 Å².